The maximum atomic E-state index is 10.7. The summed E-state index contributed by atoms with van der Waals surface area (Å²) in [6.45, 7) is 8.21. The van der Waals surface area contributed by atoms with Crippen LogP contribution >= 0.6 is 0 Å². The molecule has 3 nitrogen and oxygen atoms in total. The number of piperidine rings is 1. The van der Waals surface area contributed by atoms with Crippen LogP contribution in [0.2, 0.25) is 0 Å². The van der Waals surface area contributed by atoms with Gasteiger partial charge in [-0.3, -0.25) is 4.90 Å². The molecule has 0 aliphatic carbocycles. The first-order valence-corrected chi connectivity index (χ1v) is 8.13. The van der Waals surface area contributed by atoms with Crippen molar-refractivity contribution in [1.82, 2.24) is 4.90 Å². The van der Waals surface area contributed by atoms with Crippen molar-refractivity contribution in [3.63, 3.8) is 0 Å². The Morgan fingerprint density at radius 2 is 1.86 bits per heavy atom. The zero-order chi connectivity index (χ0) is 15.4. The summed E-state index contributed by atoms with van der Waals surface area (Å²) in [4.78, 5) is 2.36. The van der Waals surface area contributed by atoms with E-state index in [1.165, 1.54) is 29.5 Å². The Morgan fingerprint density at radius 3 is 2.48 bits per heavy atom. The molecule has 0 aromatic heterocycles. The second kappa shape index (κ2) is 7.39. The molecule has 1 aliphatic rings. The Hall–Kier alpha value is -0.900. The molecular formula is C18H29NO2. The zero-order valence-electron chi connectivity index (χ0n) is 13.6. The van der Waals surface area contributed by atoms with Crippen LogP contribution in [0.15, 0.2) is 12.1 Å². The molecule has 2 unspecified atom stereocenters. The first-order valence-electron chi connectivity index (χ1n) is 8.13. The SMILES string of the molecule is Cc1cc(C)c(C(O)CN2CCCCC2CCO)c(C)c1. The van der Waals surface area contributed by atoms with Gasteiger partial charge in [-0.15, -0.1) is 0 Å². The van der Waals surface area contributed by atoms with Gasteiger partial charge in [-0.05, 0) is 63.3 Å². The highest BCUT2D eigenvalue weighted by Crippen LogP contribution is 2.27. The molecule has 0 bridgehead atoms. The van der Waals surface area contributed by atoms with Crippen molar-refractivity contribution in [1.29, 1.82) is 0 Å². The van der Waals surface area contributed by atoms with Gasteiger partial charge < -0.3 is 10.2 Å². The van der Waals surface area contributed by atoms with Crippen LogP contribution in [0.3, 0.4) is 0 Å². The van der Waals surface area contributed by atoms with E-state index in [0.29, 0.717) is 12.6 Å². The minimum Gasteiger partial charge on any atom is -0.396 e. The van der Waals surface area contributed by atoms with Crippen LogP contribution < -0.4 is 0 Å². The minimum atomic E-state index is -0.440. The quantitative estimate of drug-likeness (QED) is 0.876. The molecule has 1 saturated heterocycles. The highest BCUT2D eigenvalue weighted by atomic mass is 16.3. The number of aryl methyl sites for hydroxylation is 3. The van der Waals surface area contributed by atoms with Crippen LogP contribution in [0.25, 0.3) is 0 Å². The fourth-order valence-electron chi connectivity index (χ4n) is 3.81. The van der Waals surface area contributed by atoms with Crippen LogP contribution in [-0.4, -0.2) is 40.9 Å². The highest BCUT2D eigenvalue weighted by Gasteiger charge is 2.25. The van der Waals surface area contributed by atoms with Crippen molar-refractivity contribution in [2.45, 2.75) is 58.6 Å². The van der Waals surface area contributed by atoms with Crippen LogP contribution in [0.4, 0.5) is 0 Å². The lowest BCUT2D eigenvalue weighted by Crippen LogP contribution is -2.42. The van der Waals surface area contributed by atoms with Gasteiger partial charge in [0, 0.05) is 19.2 Å². The van der Waals surface area contributed by atoms with Crippen LogP contribution in [-0.2, 0) is 0 Å². The Labute approximate surface area is 128 Å². The molecule has 118 valence electrons. The van der Waals surface area contributed by atoms with E-state index < -0.39 is 6.10 Å². The number of aliphatic hydroxyl groups excluding tert-OH is 2. The molecule has 1 aromatic rings. The lowest BCUT2D eigenvalue weighted by atomic mass is 9.93. The monoisotopic (exact) mass is 291 g/mol. The number of hydrogen-bond acceptors (Lipinski definition) is 3. The first-order chi connectivity index (χ1) is 10.0. The van der Waals surface area contributed by atoms with Gasteiger partial charge in [-0.2, -0.15) is 0 Å². The van der Waals surface area contributed by atoms with Gasteiger partial charge in [0.25, 0.3) is 0 Å². The number of likely N-dealkylation sites (tertiary alicyclic amines) is 1. The molecule has 0 radical (unpaired) electrons. The maximum Gasteiger partial charge on any atom is 0.0922 e. The smallest absolute Gasteiger partial charge is 0.0922 e. The van der Waals surface area contributed by atoms with Crippen molar-refractivity contribution in [2.24, 2.45) is 0 Å². The topological polar surface area (TPSA) is 43.7 Å². The molecule has 0 spiro atoms. The van der Waals surface area contributed by atoms with Crippen LogP contribution in [0.1, 0.15) is 54.0 Å². The van der Waals surface area contributed by atoms with E-state index in [4.69, 9.17) is 0 Å². The summed E-state index contributed by atoms with van der Waals surface area (Å²) in [6, 6.07) is 4.71. The Morgan fingerprint density at radius 1 is 1.19 bits per heavy atom. The van der Waals surface area contributed by atoms with E-state index in [0.717, 1.165) is 24.9 Å². The van der Waals surface area contributed by atoms with Crippen molar-refractivity contribution >= 4 is 0 Å². The summed E-state index contributed by atoms with van der Waals surface area (Å²) in [5, 5.41) is 19.9. The Bertz CT molecular complexity index is 447. The molecule has 1 heterocycles. The van der Waals surface area contributed by atoms with E-state index in [9.17, 15) is 10.2 Å². The largest absolute Gasteiger partial charge is 0.396 e. The van der Waals surface area contributed by atoms with Gasteiger partial charge in [-0.1, -0.05) is 24.1 Å². The normalized spacial score (nSPS) is 21.5. The third kappa shape index (κ3) is 4.06. The second-order valence-corrected chi connectivity index (χ2v) is 6.49. The summed E-state index contributed by atoms with van der Waals surface area (Å²) >= 11 is 0. The average molecular weight is 291 g/mol. The number of hydrogen-bond donors (Lipinski definition) is 2. The zero-order valence-corrected chi connectivity index (χ0v) is 13.6. The van der Waals surface area contributed by atoms with Crippen LogP contribution in [0.5, 0.6) is 0 Å². The fourth-order valence-corrected chi connectivity index (χ4v) is 3.81. The molecular weight excluding hydrogens is 262 g/mol. The summed E-state index contributed by atoms with van der Waals surface area (Å²) in [5.74, 6) is 0. The Kier molecular flexibility index (Phi) is 5.80. The predicted molar refractivity (Wildman–Crippen MR) is 86.5 cm³/mol. The van der Waals surface area contributed by atoms with Gasteiger partial charge in [0.2, 0.25) is 0 Å². The van der Waals surface area contributed by atoms with Crippen molar-refractivity contribution < 1.29 is 10.2 Å². The van der Waals surface area contributed by atoms with E-state index in [2.05, 4.69) is 37.8 Å². The minimum absolute atomic E-state index is 0.236. The maximum absolute atomic E-state index is 10.7. The Balaban J connectivity index is 2.11. The number of benzene rings is 1. The summed E-state index contributed by atoms with van der Waals surface area (Å²) in [6.07, 6.45) is 3.95. The second-order valence-electron chi connectivity index (χ2n) is 6.49. The standard InChI is InChI=1S/C18H29NO2/c1-13-10-14(2)18(15(3)11-13)17(21)12-19-8-5-4-6-16(19)7-9-20/h10-11,16-17,20-21H,4-9,12H2,1-3H3. The number of aliphatic hydroxyl groups is 2. The fraction of sp³-hybridized carbons (Fsp3) is 0.667. The summed E-state index contributed by atoms with van der Waals surface area (Å²) < 4.78 is 0. The van der Waals surface area contributed by atoms with Gasteiger partial charge in [0.1, 0.15) is 0 Å². The predicted octanol–water partition coefficient (Wildman–Crippen LogP) is 2.88. The molecule has 1 fully saturated rings. The molecule has 2 atom stereocenters. The molecule has 21 heavy (non-hydrogen) atoms. The van der Waals surface area contributed by atoms with Crippen molar-refractivity contribution in [3.8, 4) is 0 Å². The van der Waals surface area contributed by atoms with E-state index >= 15 is 0 Å². The van der Waals surface area contributed by atoms with Crippen molar-refractivity contribution in [2.75, 3.05) is 19.7 Å². The molecule has 2 rings (SSSR count). The molecule has 3 heteroatoms. The average Bonchev–Trinajstić information content (AvgIpc) is 2.40. The summed E-state index contributed by atoms with van der Waals surface area (Å²) in [5.41, 5.74) is 4.68. The van der Waals surface area contributed by atoms with Gasteiger partial charge in [-0.25, -0.2) is 0 Å². The lowest BCUT2D eigenvalue weighted by Gasteiger charge is -2.37. The van der Waals surface area contributed by atoms with E-state index in [-0.39, 0.29) is 6.61 Å². The third-order valence-electron chi connectivity index (χ3n) is 4.69. The first kappa shape index (κ1) is 16.5. The molecule has 2 N–H and O–H groups in total. The highest BCUT2D eigenvalue weighted by molar-refractivity contribution is 5.39. The number of nitrogens with zero attached hydrogens (tertiary/aromatic N) is 1. The number of β-amino-alcohol motifs (C(OH)–C–C–N with tert-alkyl or cyclic N) is 1. The number of rotatable bonds is 5. The molecule has 1 aliphatic heterocycles. The van der Waals surface area contributed by atoms with Gasteiger partial charge in [0.05, 0.1) is 6.10 Å². The van der Waals surface area contributed by atoms with E-state index in [1.807, 2.05) is 0 Å². The molecule has 0 saturated carbocycles. The molecule has 1 aromatic carbocycles. The van der Waals surface area contributed by atoms with Gasteiger partial charge >= 0.3 is 0 Å². The van der Waals surface area contributed by atoms with E-state index in [1.54, 1.807) is 0 Å². The lowest BCUT2D eigenvalue weighted by molar-refractivity contribution is 0.0560. The van der Waals surface area contributed by atoms with Gasteiger partial charge in [0.15, 0.2) is 0 Å². The molecule has 0 amide bonds. The summed E-state index contributed by atoms with van der Waals surface area (Å²) in [7, 11) is 0. The third-order valence-corrected chi connectivity index (χ3v) is 4.69. The van der Waals surface area contributed by atoms with Crippen LogP contribution in [0, 0.1) is 20.8 Å². The van der Waals surface area contributed by atoms with Crippen molar-refractivity contribution in [3.05, 3.63) is 34.4 Å².